The number of carbonyl (C=O) groups is 1. The summed E-state index contributed by atoms with van der Waals surface area (Å²) >= 11 is 0. The maximum atomic E-state index is 12.0. The van der Waals surface area contributed by atoms with Crippen molar-refractivity contribution < 1.29 is 9.90 Å². The molecule has 0 saturated heterocycles. The van der Waals surface area contributed by atoms with Crippen LogP contribution in [-0.4, -0.2) is 11.1 Å². The summed E-state index contributed by atoms with van der Waals surface area (Å²) in [4.78, 5) is 12.0. The van der Waals surface area contributed by atoms with E-state index in [1.807, 2.05) is 6.92 Å². The van der Waals surface area contributed by atoms with Gasteiger partial charge in [-0.3, -0.25) is 4.79 Å². The molecule has 4 saturated carbocycles. The molecule has 2 nitrogen and oxygen atoms in total. The lowest BCUT2D eigenvalue weighted by atomic mass is 9.41. The van der Waals surface area contributed by atoms with E-state index in [0.717, 1.165) is 31.1 Å². The summed E-state index contributed by atoms with van der Waals surface area (Å²) in [5.41, 5.74) is 1.71. The second kappa shape index (κ2) is 4.39. The van der Waals surface area contributed by atoms with E-state index in [2.05, 4.69) is 13.5 Å². The topological polar surface area (TPSA) is 37.3 Å². The van der Waals surface area contributed by atoms with Crippen LogP contribution in [0.4, 0.5) is 0 Å². The van der Waals surface area contributed by atoms with Crippen LogP contribution in [0.5, 0.6) is 0 Å². The molecule has 0 aromatic rings. The van der Waals surface area contributed by atoms with Crippen molar-refractivity contribution in [3.63, 3.8) is 0 Å². The zero-order valence-electron chi connectivity index (χ0n) is 14.2. The molecule has 0 radical (unpaired) electrons. The van der Waals surface area contributed by atoms with E-state index in [1.54, 1.807) is 0 Å². The number of aliphatic carboxylic acids is 1. The molecule has 0 aromatic heterocycles. The lowest BCUT2D eigenvalue weighted by Crippen LogP contribution is -2.58. The van der Waals surface area contributed by atoms with Crippen molar-refractivity contribution in [2.45, 2.75) is 71.6 Å². The number of allylic oxidation sites excluding steroid dienone is 1. The molecule has 122 valence electrons. The lowest BCUT2D eigenvalue weighted by Gasteiger charge is -2.63. The predicted molar refractivity (Wildman–Crippen MR) is 87.4 cm³/mol. The SMILES string of the molecule is C=C1C[C@@]23CC[C@H]4[C@@](C)(CCC[C@@]4(C)C(=O)O)[C@H]2CC[C@@H]1C3. The Balaban J connectivity index is 1.75. The Kier molecular flexibility index (Phi) is 2.95. The normalized spacial score (nSPS) is 53.7. The molecule has 4 fully saturated rings. The first-order chi connectivity index (χ1) is 10.3. The second-order valence-electron chi connectivity index (χ2n) is 9.40. The fourth-order valence-electron chi connectivity index (χ4n) is 7.61. The van der Waals surface area contributed by atoms with Gasteiger partial charge >= 0.3 is 5.97 Å². The van der Waals surface area contributed by atoms with Crippen LogP contribution in [0.3, 0.4) is 0 Å². The molecule has 4 aliphatic carbocycles. The molecule has 6 atom stereocenters. The molecule has 1 N–H and O–H groups in total. The van der Waals surface area contributed by atoms with Gasteiger partial charge in [-0.1, -0.05) is 25.5 Å². The van der Waals surface area contributed by atoms with E-state index >= 15 is 0 Å². The van der Waals surface area contributed by atoms with Gasteiger partial charge in [0, 0.05) is 0 Å². The quantitative estimate of drug-likeness (QED) is 0.689. The summed E-state index contributed by atoms with van der Waals surface area (Å²) in [7, 11) is 0. The molecule has 1 spiro atoms. The van der Waals surface area contributed by atoms with Gasteiger partial charge < -0.3 is 5.11 Å². The summed E-state index contributed by atoms with van der Waals surface area (Å²) in [5, 5.41) is 9.90. The Hall–Kier alpha value is -0.790. The molecule has 2 heteroatoms. The number of carboxylic acid groups (broad SMARTS) is 1. The predicted octanol–water partition coefficient (Wildman–Crippen LogP) is 5.04. The summed E-state index contributed by atoms with van der Waals surface area (Å²) in [6.07, 6.45) is 10.8. The average molecular weight is 302 g/mol. The third-order valence-electron chi connectivity index (χ3n) is 8.54. The monoisotopic (exact) mass is 302 g/mol. The Morgan fingerprint density at radius 3 is 2.64 bits per heavy atom. The van der Waals surface area contributed by atoms with Crippen molar-refractivity contribution in [2.75, 3.05) is 0 Å². The highest BCUT2D eigenvalue weighted by Crippen LogP contribution is 2.72. The van der Waals surface area contributed by atoms with Gasteiger partial charge in [0.25, 0.3) is 0 Å². The van der Waals surface area contributed by atoms with E-state index < -0.39 is 11.4 Å². The Morgan fingerprint density at radius 1 is 1.14 bits per heavy atom. The van der Waals surface area contributed by atoms with Gasteiger partial charge in [0.05, 0.1) is 5.41 Å². The van der Waals surface area contributed by atoms with Gasteiger partial charge in [-0.25, -0.2) is 0 Å². The van der Waals surface area contributed by atoms with Crippen molar-refractivity contribution in [3.05, 3.63) is 12.2 Å². The van der Waals surface area contributed by atoms with Crippen LogP contribution in [0.25, 0.3) is 0 Å². The van der Waals surface area contributed by atoms with Crippen molar-refractivity contribution >= 4 is 5.97 Å². The molecule has 22 heavy (non-hydrogen) atoms. The maximum absolute atomic E-state index is 12.0. The van der Waals surface area contributed by atoms with Crippen molar-refractivity contribution in [1.29, 1.82) is 0 Å². The van der Waals surface area contributed by atoms with Gasteiger partial charge in [-0.05, 0) is 86.9 Å². The van der Waals surface area contributed by atoms with Crippen molar-refractivity contribution in [2.24, 2.45) is 34.0 Å². The molecule has 2 bridgehead atoms. The average Bonchev–Trinajstić information content (AvgIpc) is 2.68. The minimum atomic E-state index is -0.552. The zero-order valence-corrected chi connectivity index (χ0v) is 14.2. The van der Waals surface area contributed by atoms with Gasteiger partial charge in [-0.15, -0.1) is 0 Å². The van der Waals surface area contributed by atoms with Crippen LogP contribution >= 0.6 is 0 Å². The van der Waals surface area contributed by atoms with Gasteiger partial charge in [0.15, 0.2) is 0 Å². The molecule has 4 aliphatic rings. The third-order valence-corrected chi connectivity index (χ3v) is 8.54. The van der Waals surface area contributed by atoms with Gasteiger partial charge in [0.2, 0.25) is 0 Å². The Labute approximate surface area is 134 Å². The summed E-state index contributed by atoms with van der Waals surface area (Å²) < 4.78 is 0. The van der Waals surface area contributed by atoms with Crippen LogP contribution < -0.4 is 0 Å². The van der Waals surface area contributed by atoms with E-state index in [0.29, 0.717) is 11.3 Å². The lowest BCUT2D eigenvalue weighted by molar-refractivity contribution is -0.181. The third kappa shape index (κ3) is 1.65. The van der Waals surface area contributed by atoms with Crippen LogP contribution in [0.15, 0.2) is 12.2 Å². The van der Waals surface area contributed by atoms with Crippen LogP contribution in [0.1, 0.15) is 71.6 Å². The number of fused-ring (bicyclic) bond motifs is 3. The van der Waals surface area contributed by atoms with E-state index in [-0.39, 0.29) is 5.41 Å². The molecular formula is C20H30O2. The second-order valence-corrected chi connectivity index (χ2v) is 9.40. The van der Waals surface area contributed by atoms with Crippen molar-refractivity contribution in [3.8, 4) is 0 Å². The molecule has 0 amide bonds. The molecule has 0 aliphatic heterocycles. The summed E-state index contributed by atoms with van der Waals surface area (Å²) in [5.74, 6) is 1.32. The van der Waals surface area contributed by atoms with Crippen LogP contribution in [0.2, 0.25) is 0 Å². The molecule has 0 unspecified atom stereocenters. The first-order valence-electron chi connectivity index (χ1n) is 9.23. The fraction of sp³-hybridized carbons (Fsp3) is 0.850. The van der Waals surface area contributed by atoms with E-state index in [9.17, 15) is 9.90 Å². The zero-order chi connectivity index (χ0) is 15.8. The van der Waals surface area contributed by atoms with Gasteiger partial charge in [0.1, 0.15) is 0 Å². The maximum Gasteiger partial charge on any atom is 0.309 e. The molecule has 0 aromatic carbocycles. The molecule has 0 heterocycles. The number of hydrogen-bond donors (Lipinski definition) is 1. The largest absolute Gasteiger partial charge is 0.481 e. The van der Waals surface area contributed by atoms with E-state index in [4.69, 9.17) is 0 Å². The first kappa shape index (κ1) is 14.8. The highest BCUT2D eigenvalue weighted by molar-refractivity contribution is 5.75. The van der Waals surface area contributed by atoms with E-state index in [1.165, 1.54) is 44.1 Å². The molecular weight excluding hydrogens is 272 g/mol. The number of carboxylic acids is 1. The Bertz CT molecular complexity index is 538. The smallest absolute Gasteiger partial charge is 0.309 e. The van der Waals surface area contributed by atoms with Gasteiger partial charge in [-0.2, -0.15) is 0 Å². The fourth-order valence-corrected chi connectivity index (χ4v) is 7.61. The van der Waals surface area contributed by atoms with Crippen molar-refractivity contribution in [1.82, 2.24) is 0 Å². The minimum Gasteiger partial charge on any atom is -0.481 e. The standard InChI is InChI=1S/C20H30O2/c1-13-11-20-10-7-15-18(2,16(20)6-5-14(13)12-20)8-4-9-19(15,3)17(21)22/h14-16H,1,4-12H2,2-3H3,(H,21,22)/t14-,15+,16-,18-,19-,20-/m1/s1. The Morgan fingerprint density at radius 2 is 1.91 bits per heavy atom. The number of hydrogen-bond acceptors (Lipinski definition) is 1. The minimum absolute atomic E-state index is 0.235. The highest BCUT2D eigenvalue weighted by Gasteiger charge is 2.64. The highest BCUT2D eigenvalue weighted by atomic mass is 16.4. The van der Waals surface area contributed by atoms with Crippen LogP contribution in [0, 0.1) is 34.0 Å². The molecule has 4 rings (SSSR count). The number of rotatable bonds is 1. The summed E-state index contributed by atoms with van der Waals surface area (Å²) in [6, 6.07) is 0. The van der Waals surface area contributed by atoms with Crippen LogP contribution in [-0.2, 0) is 4.79 Å². The first-order valence-corrected chi connectivity index (χ1v) is 9.23. The summed E-state index contributed by atoms with van der Waals surface area (Å²) in [6.45, 7) is 8.86.